The maximum Gasteiger partial charge on any atom is 0.331 e. The number of benzene rings is 1. The fourth-order valence-electron chi connectivity index (χ4n) is 3.27. The highest BCUT2D eigenvalue weighted by Gasteiger charge is 2.26. The largest absolute Gasteiger partial charge is 0.331 e. The van der Waals surface area contributed by atoms with E-state index in [9.17, 15) is 14.9 Å². The van der Waals surface area contributed by atoms with Crippen LogP contribution in [0.15, 0.2) is 46.1 Å². The first kappa shape index (κ1) is 17.0. The summed E-state index contributed by atoms with van der Waals surface area (Å²) >= 11 is 0. The first-order valence-electron chi connectivity index (χ1n) is 8.86. The summed E-state index contributed by atoms with van der Waals surface area (Å²) in [6.45, 7) is 4.07. The number of hydrogen-bond acceptors (Lipinski definition) is 4. The molecule has 4 rings (SSSR count). The molecule has 0 spiro atoms. The molecule has 1 aliphatic rings. The lowest BCUT2D eigenvalue weighted by Gasteiger charge is -2.11. The highest BCUT2D eigenvalue weighted by atomic mass is 16.2. The molecular formula is C20H19N5O2. The molecule has 27 heavy (non-hydrogen) atoms. The third kappa shape index (κ3) is 3.10. The molecule has 0 atom stereocenters. The Morgan fingerprint density at radius 1 is 1.19 bits per heavy atom. The van der Waals surface area contributed by atoms with Crippen LogP contribution in [0.4, 0.5) is 0 Å². The SMILES string of the molecule is Cc1cc(C)n(-c2ccc(Cn3c(=O)c(C#N)cn(C4CC4)c3=O)cc2)n1. The second kappa shape index (κ2) is 6.40. The van der Waals surface area contributed by atoms with Crippen molar-refractivity contribution >= 4 is 0 Å². The third-order valence-electron chi connectivity index (χ3n) is 4.79. The van der Waals surface area contributed by atoms with Crippen molar-refractivity contribution in [2.75, 3.05) is 0 Å². The van der Waals surface area contributed by atoms with Gasteiger partial charge in [-0.25, -0.2) is 9.48 Å². The van der Waals surface area contributed by atoms with Crippen molar-refractivity contribution in [2.24, 2.45) is 0 Å². The molecule has 0 N–H and O–H groups in total. The summed E-state index contributed by atoms with van der Waals surface area (Å²) in [5, 5.41) is 13.7. The van der Waals surface area contributed by atoms with Crippen LogP contribution >= 0.6 is 0 Å². The normalized spacial score (nSPS) is 13.5. The van der Waals surface area contributed by atoms with Gasteiger partial charge in [-0.2, -0.15) is 10.4 Å². The van der Waals surface area contributed by atoms with E-state index in [0.29, 0.717) is 0 Å². The van der Waals surface area contributed by atoms with Gasteiger partial charge < -0.3 is 0 Å². The Bertz CT molecular complexity index is 1170. The second-order valence-corrected chi connectivity index (χ2v) is 6.97. The van der Waals surface area contributed by atoms with Crippen molar-refractivity contribution in [1.82, 2.24) is 18.9 Å². The summed E-state index contributed by atoms with van der Waals surface area (Å²) in [5.74, 6) is 0. The summed E-state index contributed by atoms with van der Waals surface area (Å²) in [5.41, 5.74) is 2.81. The molecule has 2 heterocycles. The fourth-order valence-corrected chi connectivity index (χ4v) is 3.27. The van der Waals surface area contributed by atoms with E-state index >= 15 is 0 Å². The van der Waals surface area contributed by atoms with Gasteiger partial charge in [0.15, 0.2) is 0 Å². The molecule has 0 unspecified atom stereocenters. The van der Waals surface area contributed by atoms with Crippen LogP contribution in [0.2, 0.25) is 0 Å². The van der Waals surface area contributed by atoms with E-state index in [1.165, 1.54) is 10.8 Å². The molecule has 136 valence electrons. The Balaban J connectivity index is 1.70. The predicted molar refractivity (Wildman–Crippen MR) is 100 cm³/mol. The Hall–Kier alpha value is -3.40. The molecule has 0 saturated heterocycles. The van der Waals surface area contributed by atoms with Crippen LogP contribution < -0.4 is 11.2 Å². The van der Waals surface area contributed by atoms with Crippen molar-refractivity contribution < 1.29 is 0 Å². The summed E-state index contributed by atoms with van der Waals surface area (Å²) < 4.78 is 4.51. The minimum atomic E-state index is -0.540. The number of rotatable bonds is 4. The topological polar surface area (TPSA) is 85.6 Å². The Morgan fingerprint density at radius 2 is 1.89 bits per heavy atom. The zero-order chi connectivity index (χ0) is 19.1. The van der Waals surface area contributed by atoms with E-state index in [0.717, 1.165) is 40.0 Å². The molecule has 7 heteroatoms. The van der Waals surface area contributed by atoms with Crippen LogP contribution in [-0.2, 0) is 6.54 Å². The van der Waals surface area contributed by atoms with Crippen molar-refractivity contribution in [1.29, 1.82) is 5.26 Å². The maximum atomic E-state index is 12.7. The van der Waals surface area contributed by atoms with E-state index in [4.69, 9.17) is 0 Å². The lowest BCUT2D eigenvalue weighted by molar-refractivity contribution is 0.588. The minimum Gasteiger partial charge on any atom is -0.296 e. The lowest BCUT2D eigenvalue weighted by Crippen LogP contribution is -2.40. The molecule has 2 aromatic heterocycles. The summed E-state index contributed by atoms with van der Waals surface area (Å²) in [6.07, 6.45) is 3.20. The quantitative estimate of drug-likeness (QED) is 0.712. The zero-order valence-electron chi connectivity index (χ0n) is 15.2. The Kier molecular flexibility index (Phi) is 4.04. The number of aromatic nitrogens is 4. The molecule has 7 nitrogen and oxygen atoms in total. The van der Waals surface area contributed by atoms with Gasteiger partial charge in [-0.3, -0.25) is 13.9 Å². The molecule has 1 saturated carbocycles. The van der Waals surface area contributed by atoms with Gasteiger partial charge in [0.1, 0.15) is 11.6 Å². The molecule has 1 fully saturated rings. The summed E-state index contributed by atoms with van der Waals surface area (Å²) in [6, 6.07) is 11.6. The highest BCUT2D eigenvalue weighted by molar-refractivity contribution is 5.36. The summed E-state index contributed by atoms with van der Waals surface area (Å²) in [4.78, 5) is 25.2. The van der Waals surface area contributed by atoms with E-state index in [2.05, 4.69) is 5.10 Å². The number of hydrogen-bond donors (Lipinski definition) is 0. The summed E-state index contributed by atoms with van der Waals surface area (Å²) in [7, 11) is 0. The average molecular weight is 361 g/mol. The molecule has 0 bridgehead atoms. The van der Waals surface area contributed by atoms with Gasteiger partial charge in [0, 0.05) is 17.9 Å². The van der Waals surface area contributed by atoms with Crippen LogP contribution in [0.1, 0.15) is 41.4 Å². The van der Waals surface area contributed by atoms with Gasteiger partial charge in [-0.1, -0.05) is 12.1 Å². The molecule has 0 amide bonds. The highest BCUT2D eigenvalue weighted by Crippen LogP contribution is 2.33. The molecule has 3 aromatic rings. The van der Waals surface area contributed by atoms with E-state index < -0.39 is 5.56 Å². The fraction of sp³-hybridized carbons (Fsp3) is 0.300. The number of aryl methyl sites for hydroxylation is 2. The monoisotopic (exact) mass is 361 g/mol. The van der Waals surface area contributed by atoms with Gasteiger partial charge in [-0.15, -0.1) is 0 Å². The van der Waals surface area contributed by atoms with Crippen molar-refractivity contribution in [3.8, 4) is 11.8 Å². The van der Waals surface area contributed by atoms with Crippen LogP contribution in [0.5, 0.6) is 0 Å². The van der Waals surface area contributed by atoms with Crippen molar-refractivity contribution in [3.63, 3.8) is 0 Å². The minimum absolute atomic E-state index is 0.000705. The van der Waals surface area contributed by atoms with Gasteiger partial charge in [0.2, 0.25) is 0 Å². The van der Waals surface area contributed by atoms with Gasteiger partial charge >= 0.3 is 5.69 Å². The van der Waals surface area contributed by atoms with E-state index in [1.54, 1.807) is 0 Å². The van der Waals surface area contributed by atoms with Crippen LogP contribution in [0.3, 0.4) is 0 Å². The van der Waals surface area contributed by atoms with Crippen LogP contribution in [0, 0.1) is 25.2 Å². The van der Waals surface area contributed by atoms with Crippen molar-refractivity contribution in [3.05, 3.63) is 79.9 Å². The number of nitrogens with zero attached hydrogens (tertiary/aromatic N) is 5. The molecule has 0 aliphatic heterocycles. The first-order valence-corrected chi connectivity index (χ1v) is 8.86. The third-order valence-corrected chi connectivity index (χ3v) is 4.79. The average Bonchev–Trinajstić information content (AvgIpc) is 3.43. The lowest BCUT2D eigenvalue weighted by atomic mass is 10.2. The van der Waals surface area contributed by atoms with Crippen LogP contribution in [-0.4, -0.2) is 18.9 Å². The van der Waals surface area contributed by atoms with Gasteiger partial charge in [-0.05, 0) is 50.5 Å². The van der Waals surface area contributed by atoms with E-state index in [1.807, 2.05) is 54.9 Å². The van der Waals surface area contributed by atoms with Crippen molar-refractivity contribution in [2.45, 2.75) is 39.3 Å². The molecule has 1 aliphatic carbocycles. The molecule has 1 aromatic carbocycles. The first-order chi connectivity index (χ1) is 13.0. The van der Waals surface area contributed by atoms with Crippen LogP contribution in [0.25, 0.3) is 5.69 Å². The van der Waals surface area contributed by atoms with Gasteiger partial charge in [0.05, 0.1) is 17.9 Å². The maximum absolute atomic E-state index is 12.7. The Labute approximate surface area is 155 Å². The zero-order valence-corrected chi connectivity index (χ0v) is 15.2. The Morgan fingerprint density at radius 3 is 2.44 bits per heavy atom. The predicted octanol–water partition coefficient (Wildman–Crippen LogP) is 2.07. The standard InChI is InChI=1S/C20H19N5O2/c1-13-9-14(2)25(22-13)18-5-3-15(4-6-18)11-24-19(26)16(10-21)12-23(20(24)27)17-7-8-17/h3-6,9,12,17H,7-8,11H2,1-2H3. The molecular weight excluding hydrogens is 342 g/mol. The molecule has 0 radical (unpaired) electrons. The second-order valence-electron chi connectivity index (χ2n) is 6.97. The van der Waals surface area contributed by atoms with E-state index in [-0.39, 0.29) is 23.8 Å². The smallest absolute Gasteiger partial charge is 0.296 e. The number of nitriles is 1. The van der Waals surface area contributed by atoms with Gasteiger partial charge in [0.25, 0.3) is 5.56 Å².